The van der Waals surface area contributed by atoms with Crippen molar-refractivity contribution in [1.29, 1.82) is 0 Å². The molecule has 3 heterocycles. The van der Waals surface area contributed by atoms with Gasteiger partial charge < -0.3 is 15.1 Å². The number of piperazine rings is 1. The lowest BCUT2D eigenvalue weighted by molar-refractivity contribution is -0.133. The van der Waals surface area contributed by atoms with Gasteiger partial charge >= 0.3 is 0 Å². The van der Waals surface area contributed by atoms with Crippen LogP contribution in [-0.2, 0) is 4.79 Å². The molecule has 2 amide bonds. The number of carbonyl (C=O) groups excluding carboxylic acids is 2. The number of aromatic nitrogens is 3. The SMILES string of the molecule is CN(C)c1ccc(-c2cc(-c3ccc(F)cc3)nn3cc(C(=O)N4CCNC(=O)C4(C)C)nc23)cc1. The number of nitrogens with one attached hydrogen (secondary N) is 1. The number of rotatable bonds is 4. The number of halogens is 1. The summed E-state index contributed by atoms with van der Waals surface area (Å²) in [6.07, 6.45) is 1.59. The predicted octanol–water partition coefficient (Wildman–Crippen LogP) is 3.62. The number of benzene rings is 2. The van der Waals surface area contributed by atoms with E-state index in [2.05, 4.69) is 15.4 Å². The first-order chi connectivity index (χ1) is 17.1. The summed E-state index contributed by atoms with van der Waals surface area (Å²) in [6, 6.07) is 16.0. The van der Waals surface area contributed by atoms with Gasteiger partial charge in [-0.3, -0.25) is 9.59 Å². The van der Waals surface area contributed by atoms with Crippen molar-refractivity contribution in [3.8, 4) is 22.4 Å². The molecule has 5 rings (SSSR count). The highest BCUT2D eigenvalue weighted by molar-refractivity contribution is 5.99. The van der Waals surface area contributed by atoms with Gasteiger partial charge in [0.15, 0.2) is 5.65 Å². The molecule has 1 aliphatic heterocycles. The van der Waals surface area contributed by atoms with Gasteiger partial charge in [0.05, 0.1) is 11.9 Å². The van der Waals surface area contributed by atoms with Crippen LogP contribution in [0.15, 0.2) is 60.8 Å². The number of amides is 2. The van der Waals surface area contributed by atoms with Gasteiger partial charge in [-0.15, -0.1) is 0 Å². The molecule has 0 radical (unpaired) electrons. The summed E-state index contributed by atoms with van der Waals surface area (Å²) >= 11 is 0. The van der Waals surface area contributed by atoms with Crippen LogP contribution < -0.4 is 10.2 Å². The van der Waals surface area contributed by atoms with Crippen molar-refractivity contribution in [3.05, 3.63) is 72.3 Å². The van der Waals surface area contributed by atoms with E-state index >= 15 is 0 Å². The maximum absolute atomic E-state index is 13.6. The second-order valence-corrected chi connectivity index (χ2v) is 9.56. The Bertz CT molecular complexity index is 1460. The first-order valence-electron chi connectivity index (χ1n) is 11.7. The quantitative estimate of drug-likeness (QED) is 0.477. The molecular weight excluding hydrogens is 459 g/mol. The molecular formula is C27H27FN6O2. The molecule has 1 aliphatic rings. The molecule has 1 fully saturated rings. The summed E-state index contributed by atoms with van der Waals surface area (Å²) in [7, 11) is 3.95. The van der Waals surface area contributed by atoms with E-state index in [4.69, 9.17) is 0 Å². The number of hydrogen-bond acceptors (Lipinski definition) is 5. The number of fused-ring (bicyclic) bond motifs is 1. The number of imidazole rings is 1. The van der Waals surface area contributed by atoms with Gasteiger partial charge in [0.25, 0.3) is 5.91 Å². The lowest BCUT2D eigenvalue weighted by atomic mass is 9.98. The maximum Gasteiger partial charge on any atom is 0.275 e. The molecule has 1 N–H and O–H groups in total. The van der Waals surface area contributed by atoms with E-state index in [0.717, 1.165) is 22.4 Å². The standard InChI is InChI=1S/C27H27FN6O2/c1-27(2)26(36)29-13-14-33(27)25(35)23-16-34-24(30-23)21(17-7-11-20(12-8-17)32(3)4)15-22(31-34)18-5-9-19(28)10-6-18/h5-12,15-16H,13-14H2,1-4H3,(H,29,36). The Morgan fingerprint density at radius 1 is 1.06 bits per heavy atom. The minimum absolute atomic E-state index is 0.202. The van der Waals surface area contributed by atoms with Gasteiger partial charge in [-0.25, -0.2) is 13.9 Å². The van der Waals surface area contributed by atoms with Gasteiger partial charge in [-0.2, -0.15) is 5.10 Å². The molecule has 0 aliphatic carbocycles. The Kier molecular flexibility index (Phi) is 5.70. The fraction of sp³-hybridized carbons (Fsp3) is 0.259. The molecule has 2 aromatic carbocycles. The molecule has 36 heavy (non-hydrogen) atoms. The lowest BCUT2D eigenvalue weighted by Crippen LogP contribution is -2.63. The van der Waals surface area contributed by atoms with E-state index in [1.165, 1.54) is 12.1 Å². The summed E-state index contributed by atoms with van der Waals surface area (Å²) in [5.74, 6) is -0.870. The topological polar surface area (TPSA) is 82.8 Å². The van der Waals surface area contributed by atoms with Crippen LogP contribution in [-0.4, -0.2) is 64.0 Å². The monoisotopic (exact) mass is 486 g/mol. The van der Waals surface area contributed by atoms with Crippen LogP contribution in [0.4, 0.5) is 10.1 Å². The Labute approximate surface area is 208 Å². The van der Waals surface area contributed by atoms with E-state index in [1.54, 1.807) is 41.6 Å². The third-order valence-electron chi connectivity index (χ3n) is 6.58. The number of nitrogens with zero attached hydrogens (tertiary/aromatic N) is 5. The van der Waals surface area contributed by atoms with E-state index in [0.29, 0.717) is 24.4 Å². The van der Waals surface area contributed by atoms with Crippen LogP contribution in [0.1, 0.15) is 24.3 Å². The number of hydrogen-bond donors (Lipinski definition) is 1. The molecule has 2 aromatic heterocycles. The summed E-state index contributed by atoms with van der Waals surface area (Å²) in [6.45, 7) is 4.21. The van der Waals surface area contributed by atoms with Crippen LogP contribution >= 0.6 is 0 Å². The van der Waals surface area contributed by atoms with Gasteiger partial charge in [-0.1, -0.05) is 12.1 Å². The first kappa shape index (κ1) is 23.5. The number of anilines is 1. The molecule has 8 nitrogen and oxygen atoms in total. The van der Waals surface area contributed by atoms with E-state index in [9.17, 15) is 14.0 Å². The highest BCUT2D eigenvalue weighted by Gasteiger charge is 2.41. The van der Waals surface area contributed by atoms with Crippen LogP contribution in [0, 0.1) is 5.82 Å². The van der Waals surface area contributed by atoms with Gasteiger partial charge in [0.1, 0.15) is 17.1 Å². The van der Waals surface area contributed by atoms with Crippen LogP contribution in [0.3, 0.4) is 0 Å². The minimum atomic E-state index is -0.997. The Morgan fingerprint density at radius 2 is 1.72 bits per heavy atom. The van der Waals surface area contributed by atoms with E-state index < -0.39 is 5.54 Å². The minimum Gasteiger partial charge on any atom is -0.378 e. The molecule has 0 spiro atoms. The second-order valence-electron chi connectivity index (χ2n) is 9.56. The van der Waals surface area contributed by atoms with Crippen LogP contribution in [0.25, 0.3) is 28.0 Å². The third kappa shape index (κ3) is 4.06. The van der Waals surface area contributed by atoms with Crippen molar-refractivity contribution in [2.45, 2.75) is 19.4 Å². The van der Waals surface area contributed by atoms with Crippen molar-refractivity contribution in [2.75, 3.05) is 32.1 Å². The summed E-state index contributed by atoms with van der Waals surface area (Å²) < 4.78 is 15.1. The highest BCUT2D eigenvalue weighted by atomic mass is 19.1. The predicted molar refractivity (Wildman–Crippen MR) is 136 cm³/mol. The number of carbonyl (C=O) groups is 2. The molecule has 0 saturated carbocycles. The zero-order chi connectivity index (χ0) is 25.6. The molecule has 9 heteroatoms. The fourth-order valence-electron chi connectivity index (χ4n) is 4.39. The van der Waals surface area contributed by atoms with Crippen molar-refractivity contribution in [1.82, 2.24) is 24.8 Å². The molecule has 0 atom stereocenters. The average molecular weight is 487 g/mol. The average Bonchev–Trinajstić information content (AvgIpc) is 3.29. The summed E-state index contributed by atoms with van der Waals surface area (Å²) in [5.41, 5.74) is 3.80. The molecule has 0 bridgehead atoms. The normalized spacial score (nSPS) is 15.1. The smallest absolute Gasteiger partial charge is 0.275 e. The van der Waals surface area contributed by atoms with E-state index in [-0.39, 0.29) is 23.3 Å². The van der Waals surface area contributed by atoms with Gasteiger partial charge in [0, 0.05) is 44.0 Å². The van der Waals surface area contributed by atoms with Crippen molar-refractivity contribution in [3.63, 3.8) is 0 Å². The second kappa shape index (κ2) is 8.75. The Balaban J connectivity index is 1.65. The summed E-state index contributed by atoms with van der Waals surface area (Å²) in [4.78, 5) is 34.1. The van der Waals surface area contributed by atoms with Gasteiger partial charge in [0.2, 0.25) is 5.91 Å². The van der Waals surface area contributed by atoms with Crippen molar-refractivity contribution in [2.24, 2.45) is 0 Å². The largest absolute Gasteiger partial charge is 0.378 e. The van der Waals surface area contributed by atoms with Crippen LogP contribution in [0.5, 0.6) is 0 Å². The lowest BCUT2D eigenvalue weighted by Gasteiger charge is -2.40. The molecule has 0 unspecified atom stereocenters. The first-order valence-corrected chi connectivity index (χ1v) is 11.7. The molecule has 184 valence electrons. The highest BCUT2D eigenvalue weighted by Crippen LogP contribution is 2.31. The third-order valence-corrected chi connectivity index (χ3v) is 6.58. The van der Waals surface area contributed by atoms with E-state index in [1.807, 2.05) is 49.3 Å². The maximum atomic E-state index is 13.6. The fourth-order valence-corrected chi connectivity index (χ4v) is 4.39. The Morgan fingerprint density at radius 3 is 2.39 bits per heavy atom. The van der Waals surface area contributed by atoms with Crippen molar-refractivity contribution >= 4 is 23.1 Å². The van der Waals surface area contributed by atoms with Crippen LogP contribution in [0.2, 0.25) is 0 Å². The summed E-state index contributed by atoms with van der Waals surface area (Å²) in [5, 5.41) is 7.49. The van der Waals surface area contributed by atoms with Gasteiger partial charge in [-0.05, 0) is 61.9 Å². The van der Waals surface area contributed by atoms with Crippen molar-refractivity contribution < 1.29 is 14.0 Å². The molecule has 4 aromatic rings. The zero-order valence-electron chi connectivity index (χ0n) is 20.6. The molecule has 1 saturated heterocycles. The Hall–Kier alpha value is -4.27. The zero-order valence-corrected chi connectivity index (χ0v) is 20.6.